The van der Waals surface area contributed by atoms with E-state index < -0.39 is 17.8 Å². The van der Waals surface area contributed by atoms with Crippen LogP contribution in [0.15, 0.2) is 42.5 Å². The molecule has 0 spiro atoms. The van der Waals surface area contributed by atoms with Crippen molar-refractivity contribution in [1.82, 2.24) is 0 Å². The van der Waals surface area contributed by atoms with E-state index in [1.54, 1.807) is 6.92 Å². The number of hydrogen-bond acceptors (Lipinski definition) is 2. The monoisotopic (exact) mass is 310 g/mol. The molecule has 0 bridgehead atoms. The summed E-state index contributed by atoms with van der Waals surface area (Å²) in [5.41, 5.74) is 0.260. The molecule has 0 aliphatic carbocycles. The molecule has 2 aromatic carbocycles. The van der Waals surface area contributed by atoms with E-state index in [-0.39, 0.29) is 11.4 Å². The Balaban J connectivity index is 2.09. The summed E-state index contributed by atoms with van der Waals surface area (Å²) in [5.74, 6) is 0.0568. The van der Waals surface area contributed by atoms with Crippen molar-refractivity contribution in [2.75, 3.05) is 10.6 Å². The number of nitrogens with one attached hydrogen (secondary N) is 2. The molecular weight excluding hydrogens is 297 g/mol. The second-order valence-corrected chi connectivity index (χ2v) is 4.66. The van der Waals surface area contributed by atoms with Gasteiger partial charge in [-0.3, -0.25) is 0 Å². The second kappa shape index (κ2) is 5.97. The molecule has 7 heteroatoms. The summed E-state index contributed by atoms with van der Waals surface area (Å²) in [6, 6.07) is 8.02. The highest BCUT2D eigenvalue weighted by Gasteiger charge is 2.30. The minimum Gasteiger partial charge on any atom is -0.508 e. The topological polar surface area (TPSA) is 61.4 Å². The predicted octanol–water partition coefficient (Wildman–Crippen LogP) is 4.36. The molecule has 2 rings (SSSR count). The number of amides is 2. The molecule has 0 saturated heterocycles. The number of phenolic OH excluding ortho intramolecular Hbond substituents is 1. The number of aromatic hydroxyl groups is 1. The lowest BCUT2D eigenvalue weighted by molar-refractivity contribution is -0.137. The van der Waals surface area contributed by atoms with Crippen LogP contribution in [-0.4, -0.2) is 11.1 Å². The Kier molecular flexibility index (Phi) is 4.25. The molecule has 0 aliphatic heterocycles. The minimum atomic E-state index is -4.47. The number of benzene rings is 2. The van der Waals surface area contributed by atoms with Crippen LogP contribution in [-0.2, 0) is 6.18 Å². The Bertz CT molecular complexity index is 699. The molecule has 116 valence electrons. The van der Waals surface area contributed by atoms with Gasteiger partial charge in [0.1, 0.15) is 5.75 Å². The number of anilines is 2. The molecule has 0 aliphatic rings. The van der Waals surface area contributed by atoms with Crippen LogP contribution in [0.25, 0.3) is 0 Å². The molecule has 0 aromatic heterocycles. The first-order chi connectivity index (χ1) is 10.3. The normalized spacial score (nSPS) is 11.1. The summed E-state index contributed by atoms with van der Waals surface area (Å²) >= 11 is 0. The third-order valence-corrected chi connectivity index (χ3v) is 2.91. The first kappa shape index (κ1) is 15.7. The van der Waals surface area contributed by atoms with Gasteiger partial charge in [0.05, 0.1) is 5.56 Å². The van der Waals surface area contributed by atoms with Gasteiger partial charge in [0.2, 0.25) is 0 Å². The number of phenols is 1. The molecule has 22 heavy (non-hydrogen) atoms. The fourth-order valence-corrected chi connectivity index (χ4v) is 1.85. The third-order valence-electron chi connectivity index (χ3n) is 2.91. The van der Waals surface area contributed by atoms with Crippen molar-refractivity contribution in [2.45, 2.75) is 13.1 Å². The van der Waals surface area contributed by atoms with E-state index in [0.717, 1.165) is 12.1 Å². The maximum absolute atomic E-state index is 12.6. The summed E-state index contributed by atoms with van der Waals surface area (Å²) in [5, 5.41) is 14.1. The number of carbonyl (C=O) groups excluding carboxylic acids is 1. The van der Waals surface area contributed by atoms with Crippen molar-refractivity contribution in [2.24, 2.45) is 0 Å². The van der Waals surface area contributed by atoms with Crippen molar-refractivity contribution >= 4 is 17.4 Å². The van der Waals surface area contributed by atoms with Gasteiger partial charge in [-0.25, -0.2) is 4.79 Å². The number of rotatable bonds is 2. The van der Waals surface area contributed by atoms with Crippen LogP contribution in [0.2, 0.25) is 0 Å². The Morgan fingerprint density at radius 1 is 1.09 bits per heavy atom. The molecule has 3 N–H and O–H groups in total. The number of carbonyl (C=O) groups is 1. The Labute approximate surface area is 124 Å². The van der Waals surface area contributed by atoms with Crippen LogP contribution in [0.5, 0.6) is 5.75 Å². The SMILES string of the molecule is Cc1cc(O)ccc1NC(=O)Nc1cccc(C(F)(F)F)c1. The number of aryl methyl sites for hydroxylation is 1. The molecule has 0 unspecified atom stereocenters. The first-order valence-electron chi connectivity index (χ1n) is 6.30. The summed E-state index contributed by atoms with van der Waals surface area (Å²) in [7, 11) is 0. The quantitative estimate of drug-likeness (QED) is 0.722. The lowest BCUT2D eigenvalue weighted by atomic mass is 10.2. The highest BCUT2D eigenvalue weighted by molar-refractivity contribution is 6.00. The molecule has 0 heterocycles. The Hall–Kier alpha value is -2.70. The van der Waals surface area contributed by atoms with Gasteiger partial charge < -0.3 is 15.7 Å². The van der Waals surface area contributed by atoms with E-state index >= 15 is 0 Å². The van der Waals surface area contributed by atoms with Gasteiger partial charge in [-0.15, -0.1) is 0 Å². The standard InChI is InChI=1S/C15H13F3N2O2/c1-9-7-12(21)5-6-13(9)20-14(22)19-11-4-2-3-10(8-11)15(16,17)18/h2-8,21H,1H3,(H2,19,20,22). The minimum absolute atomic E-state index is 0.0313. The van der Waals surface area contributed by atoms with Gasteiger partial charge in [0, 0.05) is 11.4 Å². The lowest BCUT2D eigenvalue weighted by Crippen LogP contribution is -2.20. The van der Waals surface area contributed by atoms with Crippen molar-refractivity contribution in [3.8, 4) is 5.75 Å². The van der Waals surface area contributed by atoms with Crippen LogP contribution in [0.4, 0.5) is 29.3 Å². The molecule has 0 atom stereocenters. The summed E-state index contributed by atoms with van der Waals surface area (Å²) in [4.78, 5) is 11.8. The van der Waals surface area contributed by atoms with Gasteiger partial charge >= 0.3 is 12.2 Å². The van der Waals surface area contributed by atoms with Crippen molar-refractivity contribution in [1.29, 1.82) is 0 Å². The zero-order valence-electron chi connectivity index (χ0n) is 11.5. The summed E-state index contributed by atoms with van der Waals surface area (Å²) in [6.07, 6.45) is -4.47. The molecule has 2 amide bonds. The average molecular weight is 310 g/mol. The van der Waals surface area contributed by atoms with E-state index in [0.29, 0.717) is 11.3 Å². The van der Waals surface area contributed by atoms with Crippen LogP contribution < -0.4 is 10.6 Å². The molecule has 2 aromatic rings. The Morgan fingerprint density at radius 2 is 1.82 bits per heavy atom. The maximum Gasteiger partial charge on any atom is 0.416 e. The lowest BCUT2D eigenvalue weighted by Gasteiger charge is -2.12. The van der Waals surface area contributed by atoms with Crippen molar-refractivity contribution in [3.05, 3.63) is 53.6 Å². The smallest absolute Gasteiger partial charge is 0.416 e. The first-order valence-corrected chi connectivity index (χ1v) is 6.30. The van der Waals surface area contributed by atoms with Crippen molar-refractivity contribution in [3.63, 3.8) is 0 Å². The van der Waals surface area contributed by atoms with E-state index in [1.165, 1.54) is 30.3 Å². The van der Waals surface area contributed by atoms with E-state index in [1.807, 2.05) is 0 Å². The fraction of sp³-hybridized carbons (Fsp3) is 0.133. The average Bonchev–Trinajstić information content (AvgIpc) is 2.41. The van der Waals surface area contributed by atoms with Crippen LogP contribution in [0.3, 0.4) is 0 Å². The predicted molar refractivity (Wildman–Crippen MR) is 76.9 cm³/mol. The molecule has 0 saturated carbocycles. The van der Waals surface area contributed by atoms with Gasteiger partial charge in [0.15, 0.2) is 0 Å². The number of urea groups is 1. The zero-order chi connectivity index (χ0) is 16.3. The maximum atomic E-state index is 12.6. The van der Waals surface area contributed by atoms with Crippen LogP contribution in [0.1, 0.15) is 11.1 Å². The molecule has 0 fully saturated rings. The highest BCUT2D eigenvalue weighted by Crippen LogP contribution is 2.30. The molecule has 0 radical (unpaired) electrons. The van der Waals surface area contributed by atoms with Crippen LogP contribution >= 0.6 is 0 Å². The van der Waals surface area contributed by atoms with E-state index in [2.05, 4.69) is 10.6 Å². The van der Waals surface area contributed by atoms with Crippen molar-refractivity contribution < 1.29 is 23.1 Å². The van der Waals surface area contributed by atoms with E-state index in [4.69, 9.17) is 0 Å². The van der Waals surface area contributed by atoms with Gasteiger partial charge in [-0.05, 0) is 48.9 Å². The third kappa shape index (κ3) is 3.91. The highest BCUT2D eigenvalue weighted by atomic mass is 19.4. The fourth-order valence-electron chi connectivity index (χ4n) is 1.85. The van der Waals surface area contributed by atoms with Gasteiger partial charge in [-0.1, -0.05) is 6.07 Å². The summed E-state index contributed by atoms with van der Waals surface area (Å²) < 4.78 is 37.8. The largest absolute Gasteiger partial charge is 0.508 e. The zero-order valence-corrected chi connectivity index (χ0v) is 11.5. The number of halogens is 3. The Morgan fingerprint density at radius 3 is 2.45 bits per heavy atom. The van der Waals surface area contributed by atoms with Gasteiger partial charge in [0.25, 0.3) is 0 Å². The number of hydrogen-bond donors (Lipinski definition) is 3. The van der Waals surface area contributed by atoms with Gasteiger partial charge in [-0.2, -0.15) is 13.2 Å². The molecular formula is C15H13F3N2O2. The summed E-state index contributed by atoms with van der Waals surface area (Å²) in [6.45, 7) is 1.68. The number of alkyl halides is 3. The second-order valence-electron chi connectivity index (χ2n) is 4.66. The van der Waals surface area contributed by atoms with Crippen LogP contribution in [0, 0.1) is 6.92 Å². The van der Waals surface area contributed by atoms with E-state index in [9.17, 15) is 23.1 Å². The molecule has 4 nitrogen and oxygen atoms in total.